The van der Waals surface area contributed by atoms with Gasteiger partial charge in [0.25, 0.3) is 0 Å². The second kappa shape index (κ2) is 16.5. The van der Waals surface area contributed by atoms with Crippen LogP contribution in [0.25, 0.3) is 0 Å². The van der Waals surface area contributed by atoms with Crippen molar-refractivity contribution in [3.05, 3.63) is 95.0 Å². The zero-order chi connectivity index (χ0) is 34.5. The van der Waals surface area contributed by atoms with Gasteiger partial charge in [-0.05, 0) is 93.6 Å². The van der Waals surface area contributed by atoms with E-state index in [1.54, 1.807) is 0 Å². The molecule has 0 spiro atoms. The lowest BCUT2D eigenvalue weighted by molar-refractivity contribution is -0.936. The summed E-state index contributed by atoms with van der Waals surface area (Å²) < 4.78 is 1.14. The molecule has 7 rings (SSSR count). The lowest BCUT2D eigenvalue weighted by Gasteiger charge is -2.47. The first-order valence-corrected chi connectivity index (χ1v) is 20.4. The third kappa shape index (κ3) is 8.29. The summed E-state index contributed by atoms with van der Waals surface area (Å²) in [5.74, 6) is 0. The number of anilines is 4. The van der Waals surface area contributed by atoms with E-state index < -0.39 is 0 Å². The van der Waals surface area contributed by atoms with Crippen LogP contribution in [-0.4, -0.2) is 95.0 Å². The highest BCUT2D eigenvalue weighted by Crippen LogP contribution is 2.50. The number of benzene rings is 4. The maximum Gasteiger partial charge on any atom is 0.103 e. The van der Waals surface area contributed by atoms with Crippen LogP contribution in [0.3, 0.4) is 0 Å². The van der Waals surface area contributed by atoms with Gasteiger partial charge < -0.3 is 24.9 Å². The molecule has 4 aromatic carbocycles. The third-order valence-electron chi connectivity index (χ3n) is 10.5. The number of piperazine rings is 1. The molecule has 3 aliphatic heterocycles. The smallest absolute Gasteiger partial charge is 0.103 e. The number of nitrogens with zero attached hydrogens (tertiary/aromatic N) is 4. The molecule has 10 heteroatoms. The minimum absolute atomic E-state index is 0.631. The van der Waals surface area contributed by atoms with Crippen LogP contribution < -0.4 is 20.4 Å². The van der Waals surface area contributed by atoms with Crippen LogP contribution in [0, 0.1) is 0 Å². The van der Waals surface area contributed by atoms with Crippen molar-refractivity contribution >= 4 is 69.5 Å². The number of para-hydroxylation sites is 2. The lowest BCUT2D eigenvalue weighted by Crippen LogP contribution is -2.64. The van der Waals surface area contributed by atoms with Gasteiger partial charge in [0.2, 0.25) is 0 Å². The van der Waals surface area contributed by atoms with E-state index in [1.165, 1.54) is 55.3 Å². The summed E-state index contributed by atoms with van der Waals surface area (Å²) >= 11 is 16.5. The van der Waals surface area contributed by atoms with Crippen molar-refractivity contribution in [2.45, 2.75) is 44.9 Å². The molecule has 0 aromatic heterocycles. The average Bonchev–Trinajstić information content (AvgIpc) is 3.12. The van der Waals surface area contributed by atoms with Crippen molar-refractivity contribution in [1.29, 1.82) is 0 Å². The van der Waals surface area contributed by atoms with E-state index in [1.807, 2.05) is 35.7 Å². The predicted octanol–water partition coefficient (Wildman–Crippen LogP) is 9.01. The van der Waals surface area contributed by atoms with E-state index in [0.717, 1.165) is 86.3 Å². The topological polar surface area (TPSA) is 33.8 Å². The minimum Gasteiger partial charge on any atom is -0.340 e. The van der Waals surface area contributed by atoms with Crippen LogP contribution in [0.2, 0.25) is 10.0 Å². The number of nitrogens with one attached hydrogen (secondary N) is 2. The maximum absolute atomic E-state index is 6.43. The number of halogens is 2. The molecule has 2 N–H and O–H groups in total. The molecule has 0 aliphatic carbocycles. The second-order valence-corrected chi connectivity index (χ2v) is 17.0. The fraction of sp³-hybridized carbons (Fsp3) is 0.400. The van der Waals surface area contributed by atoms with Gasteiger partial charge in [-0.3, -0.25) is 4.90 Å². The van der Waals surface area contributed by atoms with Gasteiger partial charge in [-0.1, -0.05) is 71.0 Å². The van der Waals surface area contributed by atoms with Crippen LogP contribution in [0.5, 0.6) is 0 Å². The Morgan fingerprint density at radius 3 is 1.78 bits per heavy atom. The minimum atomic E-state index is 0.631. The van der Waals surface area contributed by atoms with Gasteiger partial charge in [0.1, 0.15) is 6.04 Å². The molecular weight excluding hydrogens is 700 g/mol. The predicted molar refractivity (Wildman–Crippen MR) is 215 cm³/mol. The van der Waals surface area contributed by atoms with Crippen molar-refractivity contribution < 1.29 is 4.48 Å². The quantitative estimate of drug-likeness (QED) is 0.0985. The monoisotopic (exact) mass is 747 g/mol. The van der Waals surface area contributed by atoms with E-state index in [0.29, 0.717) is 6.04 Å². The molecule has 50 heavy (non-hydrogen) atoms. The largest absolute Gasteiger partial charge is 0.340 e. The Morgan fingerprint density at radius 2 is 1.20 bits per heavy atom. The van der Waals surface area contributed by atoms with Crippen LogP contribution in [-0.2, 0) is 0 Å². The van der Waals surface area contributed by atoms with E-state index in [2.05, 4.69) is 112 Å². The van der Waals surface area contributed by atoms with Gasteiger partial charge in [0.05, 0.1) is 49.4 Å². The Morgan fingerprint density at radius 1 is 0.680 bits per heavy atom. The number of fused-ring (bicyclic) bond motifs is 4. The van der Waals surface area contributed by atoms with Crippen molar-refractivity contribution in [3.63, 3.8) is 0 Å². The zero-order valence-corrected chi connectivity index (χ0v) is 32.4. The first kappa shape index (κ1) is 36.0. The molecule has 4 aromatic rings. The summed E-state index contributed by atoms with van der Waals surface area (Å²) in [6, 6.07) is 30.6. The summed E-state index contributed by atoms with van der Waals surface area (Å²) in [7, 11) is 4.76. The molecule has 2 atom stereocenters. The van der Waals surface area contributed by atoms with Crippen LogP contribution >= 0.6 is 46.7 Å². The summed E-state index contributed by atoms with van der Waals surface area (Å²) in [6.45, 7) is 10.7. The molecule has 0 bridgehead atoms. The standard InChI is InChI=1S/C40H49Cl2N6S2/c1-45-24-26-48(2,25-21-44-19-8-23-47-34-10-4-6-12-38(34)50-40-16-14-31(42)28-36(40)47)32(29-45)17-20-43-18-7-22-46-33-9-3-5-11-37(33)49-39-15-13-30(41)27-35(39)46/h3-6,9-16,27-28,32,43-44H,7-8,17-26,29H2,1-2H3/q+1. The molecule has 0 saturated carbocycles. The Kier molecular flexibility index (Phi) is 11.9. The summed E-state index contributed by atoms with van der Waals surface area (Å²) in [5, 5.41) is 9.19. The van der Waals surface area contributed by atoms with Gasteiger partial charge in [0, 0.05) is 68.8 Å². The van der Waals surface area contributed by atoms with Gasteiger partial charge >= 0.3 is 0 Å². The van der Waals surface area contributed by atoms with Gasteiger partial charge in [-0.25, -0.2) is 0 Å². The van der Waals surface area contributed by atoms with Crippen LogP contribution in [0.15, 0.2) is 105 Å². The fourth-order valence-electron chi connectivity index (χ4n) is 7.59. The van der Waals surface area contributed by atoms with Crippen molar-refractivity contribution in [3.8, 4) is 0 Å². The fourth-order valence-corrected chi connectivity index (χ4v) is 10.1. The summed E-state index contributed by atoms with van der Waals surface area (Å²) in [6.07, 6.45) is 3.34. The Labute approximate surface area is 317 Å². The van der Waals surface area contributed by atoms with Gasteiger partial charge in [-0.2, -0.15) is 0 Å². The number of rotatable bonds is 14. The number of likely N-dealkylation sites (N-methyl/N-ethyl adjacent to an activating group) is 2. The Bertz CT molecular complexity index is 1770. The van der Waals surface area contributed by atoms with Gasteiger partial charge in [-0.15, -0.1) is 0 Å². The molecule has 6 nitrogen and oxygen atoms in total. The van der Waals surface area contributed by atoms with E-state index in [-0.39, 0.29) is 0 Å². The highest BCUT2D eigenvalue weighted by atomic mass is 35.5. The highest BCUT2D eigenvalue weighted by molar-refractivity contribution is 8.00. The summed E-state index contributed by atoms with van der Waals surface area (Å²) in [5.41, 5.74) is 5.01. The normalized spacial score (nSPS) is 19.9. The summed E-state index contributed by atoms with van der Waals surface area (Å²) in [4.78, 5) is 12.6. The van der Waals surface area contributed by atoms with Crippen molar-refractivity contribution in [2.75, 3.05) is 89.3 Å². The molecule has 264 valence electrons. The van der Waals surface area contributed by atoms with E-state index in [9.17, 15) is 0 Å². The Balaban J connectivity index is 0.860. The van der Waals surface area contributed by atoms with Gasteiger partial charge in [0.15, 0.2) is 0 Å². The number of quaternary nitrogens is 1. The van der Waals surface area contributed by atoms with Crippen molar-refractivity contribution in [2.24, 2.45) is 0 Å². The van der Waals surface area contributed by atoms with Crippen molar-refractivity contribution in [1.82, 2.24) is 15.5 Å². The molecule has 2 unspecified atom stereocenters. The third-order valence-corrected chi connectivity index (χ3v) is 13.2. The maximum atomic E-state index is 6.43. The van der Waals surface area contributed by atoms with Crippen LogP contribution in [0.4, 0.5) is 22.7 Å². The molecular formula is C40H49Cl2N6S2+. The molecule has 0 amide bonds. The lowest BCUT2D eigenvalue weighted by atomic mass is 10.1. The molecule has 3 heterocycles. The SMILES string of the molecule is CN1CC[N+](C)(CCNCCCN2c3ccccc3Sc3ccc(Cl)cc32)C(CCNCCCN2c3ccccc3Sc3ccc(Cl)cc32)C1. The highest BCUT2D eigenvalue weighted by Gasteiger charge is 2.36. The zero-order valence-electron chi connectivity index (χ0n) is 29.2. The molecule has 3 aliphatic rings. The average molecular weight is 749 g/mol. The van der Waals surface area contributed by atoms with Crippen LogP contribution in [0.1, 0.15) is 19.3 Å². The first-order valence-electron chi connectivity index (χ1n) is 18.0. The number of hydrogen-bond donors (Lipinski definition) is 2. The number of hydrogen-bond acceptors (Lipinski definition) is 7. The molecule has 0 radical (unpaired) electrons. The van der Waals surface area contributed by atoms with E-state index in [4.69, 9.17) is 23.2 Å². The van der Waals surface area contributed by atoms with E-state index >= 15 is 0 Å². The second-order valence-electron chi connectivity index (χ2n) is 14.0. The molecule has 1 fully saturated rings. The Hall–Kier alpha value is -2.40. The first-order chi connectivity index (χ1) is 24.4. The molecule has 1 saturated heterocycles.